The predicted molar refractivity (Wildman–Crippen MR) is 458 cm³/mol. The number of alkyl carbamates (subject to hydrolysis) is 1. The molecule has 0 bridgehead atoms. The van der Waals surface area contributed by atoms with Crippen LogP contribution in [0.25, 0.3) is 16.7 Å². The molecule has 2 aliphatic carbocycles. The molecule has 7 aliphatic rings. The highest BCUT2D eigenvalue weighted by Crippen LogP contribution is 2.57. The highest BCUT2D eigenvalue weighted by Gasteiger charge is 2.58. The summed E-state index contributed by atoms with van der Waals surface area (Å²) in [6, 6.07) is 33.2. The van der Waals surface area contributed by atoms with Crippen LogP contribution in [0.5, 0.6) is 34.5 Å². The van der Waals surface area contributed by atoms with Crippen LogP contribution < -0.4 is 48.9 Å². The monoisotopic (exact) mass is 1770 g/mol. The van der Waals surface area contributed by atoms with Crippen molar-refractivity contribution in [3.8, 4) is 45.6 Å². The third kappa shape index (κ3) is 22.5. The molecule has 1 saturated carbocycles. The lowest BCUT2D eigenvalue weighted by molar-refractivity contribution is -0.282. The standard InChI is InChI=1S/C93H108N6O29/c1-10-34-121-91(108)98-53-62-46-61(60-23-25-63(110-5)26-24-60)52-97(62)86(105)68-47-76(111-6)78(49-72(68)98)119-35-16-11-17-36-120-79-50-73-69(48-77(79)112-7)85(104)96-33-31-93(29-30-93)51-74(96)87(113-8)99(73)92(109)123-54-59-22-27-75(127-89-84(126-58(4)102)82(125-57(3)101)81(124-56(2)100)83(128-89)88(106)114-9)71(45-59)95-80(103)28-37-115-39-41-117-43-44-118-42-40-116-38-32-94-90(107)122-55-70-66-20-14-12-18-64(66)65-19-13-15-21-67(65)70/h10,12-15,18-27,45,47-50,52,62,70,74,81-84,87,89H,1,11,16-17,28-44,46,51,53-55H2,2-9H3,(H,94,107)(H,95,103)/t62-,74-,81-,82-,83-,84+,87-,89+/m0/s1. The van der Waals surface area contributed by atoms with Gasteiger partial charge in [0.1, 0.15) is 31.3 Å². The summed E-state index contributed by atoms with van der Waals surface area (Å²) in [6.45, 7) is 8.92. The van der Waals surface area contributed by atoms with Crippen LogP contribution in [0.1, 0.15) is 127 Å². The maximum absolute atomic E-state index is 15.4. The first kappa shape index (κ1) is 93.1. The van der Waals surface area contributed by atoms with E-state index >= 15 is 9.59 Å². The molecule has 3 fully saturated rings. The summed E-state index contributed by atoms with van der Waals surface area (Å²) in [4.78, 5) is 143. The third-order valence-corrected chi connectivity index (χ3v) is 23.0. The minimum atomic E-state index is -1.86. The van der Waals surface area contributed by atoms with E-state index in [2.05, 4.69) is 41.5 Å². The fourth-order valence-corrected chi connectivity index (χ4v) is 16.7. The van der Waals surface area contributed by atoms with Crippen molar-refractivity contribution in [3.05, 3.63) is 167 Å². The van der Waals surface area contributed by atoms with Gasteiger partial charge in [-0.3, -0.25) is 33.7 Å². The molecule has 13 rings (SSSR count). The average Bonchev–Trinajstić information content (AvgIpc) is 1.60. The molecule has 5 heterocycles. The van der Waals surface area contributed by atoms with E-state index in [4.69, 9.17) is 90.0 Å². The van der Waals surface area contributed by atoms with Gasteiger partial charge in [-0.2, -0.15) is 0 Å². The van der Waals surface area contributed by atoms with E-state index in [1.54, 1.807) is 35.1 Å². The van der Waals surface area contributed by atoms with Crippen LogP contribution in [0.3, 0.4) is 0 Å². The second-order valence-electron chi connectivity index (χ2n) is 31.4. The smallest absolute Gasteiger partial charge is 0.416 e. The van der Waals surface area contributed by atoms with E-state index < -0.39 is 104 Å². The third-order valence-electron chi connectivity index (χ3n) is 23.0. The normalized spacial score (nSPS) is 19.7. The Kier molecular flexibility index (Phi) is 31.8. The summed E-state index contributed by atoms with van der Waals surface area (Å²) < 4.78 is 111. The predicted octanol–water partition coefficient (Wildman–Crippen LogP) is 11.3. The fourth-order valence-electron chi connectivity index (χ4n) is 16.7. The number of hydrogen-bond donors (Lipinski definition) is 2. The lowest BCUT2D eigenvalue weighted by Gasteiger charge is -2.43. The molecule has 684 valence electrons. The number of piperidine rings is 1. The SMILES string of the molecule is C=CCOC(=O)N1C[C@@H]2CC(c3ccc(OC)cc3)=CN2C(=O)c2cc(OC)c(OCCCCCOc3cc4c(cc3OC)C(=O)N3CCC5(CC5)C[C@H]3[C@H](OC)N4C(=O)OCc3ccc(O[C@@H]4O[C@H](C(=O)OC)[C@@H](OC(C)=O)[C@H](OC(C)=O)[C@H]4OC(C)=O)c(NC(=O)CCOCCOCCOCCOCCNC(=O)OCC4c5ccccc5-c5ccccc54)c3)cc21. The van der Waals surface area contributed by atoms with Crippen LogP contribution in [0.4, 0.5) is 31.4 Å². The Morgan fingerprint density at radius 2 is 1.20 bits per heavy atom. The lowest BCUT2D eigenvalue weighted by Crippen LogP contribution is -2.64. The van der Waals surface area contributed by atoms with Crippen LogP contribution in [0.15, 0.2) is 134 Å². The van der Waals surface area contributed by atoms with Crippen LogP contribution in [0.2, 0.25) is 0 Å². The Hall–Kier alpha value is -12.5. The Balaban J connectivity index is 0.647. The molecule has 0 aromatic heterocycles. The van der Waals surface area contributed by atoms with Gasteiger partial charge in [-0.15, -0.1) is 0 Å². The van der Waals surface area contributed by atoms with Crippen LogP contribution in [-0.2, 0) is 92.2 Å². The number of carbonyl (C=O) groups is 10. The van der Waals surface area contributed by atoms with Gasteiger partial charge in [0, 0.05) is 65.2 Å². The van der Waals surface area contributed by atoms with Crippen LogP contribution in [0, 0.1) is 5.41 Å². The maximum Gasteiger partial charge on any atom is 0.416 e. The van der Waals surface area contributed by atoms with E-state index in [1.807, 2.05) is 54.7 Å². The van der Waals surface area contributed by atoms with Gasteiger partial charge in [0.25, 0.3) is 11.8 Å². The van der Waals surface area contributed by atoms with Crippen molar-refractivity contribution in [2.45, 2.75) is 140 Å². The summed E-state index contributed by atoms with van der Waals surface area (Å²) in [6.07, 6.45) is -3.93. The molecule has 35 heteroatoms. The second kappa shape index (κ2) is 43.8. The minimum absolute atomic E-state index is 0.0563. The van der Waals surface area contributed by atoms with Crippen molar-refractivity contribution in [2.24, 2.45) is 5.41 Å². The number of methoxy groups -OCH3 is 5. The first-order valence-electron chi connectivity index (χ1n) is 42.5. The van der Waals surface area contributed by atoms with Crippen LogP contribution >= 0.6 is 0 Å². The molecule has 0 radical (unpaired) electrons. The van der Waals surface area contributed by atoms with Gasteiger partial charge in [-0.25, -0.2) is 24.1 Å². The summed E-state index contributed by atoms with van der Waals surface area (Å²) >= 11 is 0. The first-order chi connectivity index (χ1) is 62.0. The van der Waals surface area contributed by atoms with Gasteiger partial charge in [0.2, 0.25) is 18.3 Å². The lowest BCUT2D eigenvalue weighted by atomic mass is 9.87. The van der Waals surface area contributed by atoms with Crippen molar-refractivity contribution in [2.75, 3.05) is 150 Å². The number of esters is 4. The maximum atomic E-state index is 15.4. The number of carbonyl (C=O) groups excluding carboxylic acids is 10. The van der Waals surface area contributed by atoms with Crippen molar-refractivity contribution < 1.29 is 138 Å². The molecule has 8 atom stereocenters. The van der Waals surface area contributed by atoms with Gasteiger partial charge in [-0.05, 0) is 132 Å². The number of anilines is 3. The number of amides is 6. The average molecular weight is 1770 g/mol. The molecule has 5 aliphatic heterocycles. The fraction of sp³-hybridized carbons (Fsp3) is 0.462. The van der Waals surface area contributed by atoms with Gasteiger partial charge in [0.15, 0.2) is 47.5 Å². The van der Waals surface area contributed by atoms with Gasteiger partial charge in [0.05, 0.1) is 148 Å². The Labute approximate surface area is 740 Å². The number of fused-ring (bicyclic) bond motifs is 7. The van der Waals surface area contributed by atoms with Gasteiger partial charge < -0.3 is 110 Å². The van der Waals surface area contributed by atoms with Crippen molar-refractivity contribution >= 4 is 82.5 Å². The Bertz CT molecular complexity index is 4990. The number of hydrogen-bond acceptors (Lipinski definition) is 29. The molecule has 1 spiro atoms. The van der Waals surface area contributed by atoms with E-state index in [-0.39, 0.29) is 179 Å². The summed E-state index contributed by atoms with van der Waals surface area (Å²) in [5.74, 6) is -3.79. The molecular formula is C93H108N6O29. The second-order valence-corrected chi connectivity index (χ2v) is 31.4. The van der Waals surface area contributed by atoms with Crippen molar-refractivity contribution in [1.82, 2.24) is 15.1 Å². The zero-order valence-corrected chi connectivity index (χ0v) is 72.8. The molecule has 6 aromatic rings. The van der Waals surface area contributed by atoms with Gasteiger partial charge >= 0.3 is 42.2 Å². The topological polar surface area (TPSA) is 383 Å². The molecule has 128 heavy (non-hydrogen) atoms. The number of nitrogens with one attached hydrogen (secondary N) is 2. The molecular weight excluding hydrogens is 1670 g/mol. The Morgan fingerprint density at radius 1 is 0.586 bits per heavy atom. The zero-order valence-electron chi connectivity index (χ0n) is 72.8. The molecule has 6 aromatic carbocycles. The summed E-state index contributed by atoms with van der Waals surface area (Å²) in [7, 11) is 6.97. The van der Waals surface area contributed by atoms with Crippen molar-refractivity contribution in [3.63, 3.8) is 0 Å². The number of ether oxygens (including phenoxy) is 19. The summed E-state index contributed by atoms with van der Waals surface area (Å²) in [5.41, 5.74) is 7.16. The largest absolute Gasteiger partial charge is 0.497 e. The minimum Gasteiger partial charge on any atom is -0.497 e. The number of nitrogens with zero attached hydrogens (tertiary/aromatic N) is 4. The number of unbranched alkanes of at least 4 members (excludes halogenated alkanes) is 2. The van der Waals surface area contributed by atoms with Crippen LogP contribution in [-0.4, -0.2) is 253 Å². The first-order valence-corrected chi connectivity index (χ1v) is 42.5. The van der Waals surface area contributed by atoms with Gasteiger partial charge in [-0.1, -0.05) is 79.4 Å². The zero-order chi connectivity index (χ0) is 90.5. The highest BCUT2D eigenvalue weighted by molar-refractivity contribution is 6.08. The number of benzene rings is 6. The van der Waals surface area contributed by atoms with E-state index in [9.17, 15) is 38.4 Å². The molecule has 0 unspecified atom stereocenters. The molecule has 2 saturated heterocycles. The van der Waals surface area contributed by atoms with E-state index in [1.165, 1.54) is 61.5 Å². The summed E-state index contributed by atoms with van der Waals surface area (Å²) in [5, 5.41) is 5.53. The van der Waals surface area contributed by atoms with E-state index in [0.29, 0.717) is 50.1 Å². The van der Waals surface area contributed by atoms with Crippen molar-refractivity contribution in [1.29, 1.82) is 0 Å². The number of rotatable bonds is 41. The molecule has 35 nitrogen and oxygen atoms in total. The molecule has 6 amide bonds. The van der Waals surface area contributed by atoms with E-state index in [0.717, 1.165) is 80.5 Å². The highest BCUT2D eigenvalue weighted by atomic mass is 16.7. The Morgan fingerprint density at radius 3 is 1.80 bits per heavy atom. The molecule has 2 N–H and O–H groups in total. The quantitative estimate of drug-likeness (QED) is 0.0156.